The number of ether oxygens (including phenoxy) is 1. The molecule has 0 amide bonds. The summed E-state index contributed by atoms with van der Waals surface area (Å²) in [7, 11) is 0. The van der Waals surface area contributed by atoms with Crippen molar-refractivity contribution in [3.63, 3.8) is 0 Å². The Morgan fingerprint density at radius 3 is 2.93 bits per heavy atom. The number of thioether (sulfide) groups is 2. The van der Waals surface area contributed by atoms with Gasteiger partial charge >= 0.3 is 5.97 Å². The van der Waals surface area contributed by atoms with E-state index in [9.17, 15) is 4.79 Å². The van der Waals surface area contributed by atoms with Crippen molar-refractivity contribution in [2.24, 2.45) is 0 Å². The van der Waals surface area contributed by atoms with E-state index in [1.54, 1.807) is 23.5 Å². The van der Waals surface area contributed by atoms with Crippen molar-refractivity contribution in [1.82, 2.24) is 0 Å². The smallest absolute Gasteiger partial charge is 0.320 e. The van der Waals surface area contributed by atoms with Crippen LogP contribution in [0.1, 0.15) is 6.92 Å². The van der Waals surface area contributed by atoms with Gasteiger partial charge in [-0.2, -0.15) is 0 Å². The lowest BCUT2D eigenvalue weighted by atomic mass is 10.4. The molecule has 1 heterocycles. The summed E-state index contributed by atoms with van der Waals surface area (Å²) >= 11 is 3.34. The Kier molecular flexibility index (Phi) is 3.59. The molecule has 15 heavy (non-hydrogen) atoms. The number of fused-ring (bicyclic) bond motifs is 1. The standard InChI is InChI=1S/C11H12O2S2/c1-2-13-11(12)10-7-14-8-5-3-4-6-9(8)15-10/h3-6,10H,2,7H2,1H3. The van der Waals surface area contributed by atoms with Gasteiger partial charge in [0.05, 0.1) is 6.61 Å². The summed E-state index contributed by atoms with van der Waals surface area (Å²) < 4.78 is 5.02. The molecule has 0 aromatic heterocycles. The molecule has 4 heteroatoms. The molecule has 0 N–H and O–H groups in total. The first-order valence-electron chi connectivity index (χ1n) is 4.86. The number of carbonyl (C=O) groups excluding carboxylic acids is 1. The minimum Gasteiger partial charge on any atom is -0.465 e. The highest BCUT2D eigenvalue weighted by molar-refractivity contribution is 8.06. The summed E-state index contributed by atoms with van der Waals surface area (Å²) in [5, 5.41) is -0.0511. The lowest BCUT2D eigenvalue weighted by molar-refractivity contribution is -0.141. The average Bonchev–Trinajstić information content (AvgIpc) is 2.29. The van der Waals surface area contributed by atoms with Crippen molar-refractivity contribution in [1.29, 1.82) is 0 Å². The number of esters is 1. The minimum absolute atomic E-state index is 0.0511. The van der Waals surface area contributed by atoms with Gasteiger partial charge in [0.2, 0.25) is 0 Å². The van der Waals surface area contributed by atoms with Crippen LogP contribution in [0.3, 0.4) is 0 Å². The fourth-order valence-corrected chi connectivity index (χ4v) is 3.83. The van der Waals surface area contributed by atoms with E-state index in [0.29, 0.717) is 6.61 Å². The van der Waals surface area contributed by atoms with E-state index in [0.717, 1.165) is 5.75 Å². The Bertz CT molecular complexity index is 365. The molecular weight excluding hydrogens is 228 g/mol. The van der Waals surface area contributed by atoms with E-state index < -0.39 is 0 Å². The fraction of sp³-hybridized carbons (Fsp3) is 0.364. The predicted octanol–water partition coefficient (Wildman–Crippen LogP) is 2.82. The summed E-state index contributed by atoms with van der Waals surface area (Å²) in [6.45, 7) is 2.30. The third-order valence-electron chi connectivity index (χ3n) is 2.06. The molecule has 1 aromatic rings. The van der Waals surface area contributed by atoms with E-state index in [4.69, 9.17) is 4.74 Å². The van der Waals surface area contributed by atoms with Gasteiger partial charge in [-0.25, -0.2) is 0 Å². The topological polar surface area (TPSA) is 26.3 Å². The maximum atomic E-state index is 11.6. The molecule has 0 saturated carbocycles. The molecule has 0 radical (unpaired) electrons. The Morgan fingerprint density at radius 1 is 1.47 bits per heavy atom. The van der Waals surface area contributed by atoms with Crippen molar-refractivity contribution in [2.75, 3.05) is 12.4 Å². The van der Waals surface area contributed by atoms with Gasteiger partial charge < -0.3 is 4.74 Å². The molecule has 0 saturated heterocycles. The molecule has 2 rings (SSSR count). The van der Waals surface area contributed by atoms with Crippen LogP contribution >= 0.6 is 23.5 Å². The Hall–Kier alpha value is -0.610. The molecule has 2 nitrogen and oxygen atoms in total. The van der Waals surface area contributed by atoms with Gasteiger partial charge in [0.25, 0.3) is 0 Å². The summed E-state index contributed by atoms with van der Waals surface area (Å²) in [5.41, 5.74) is 0. The Morgan fingerprint density at radius 2 is 2.20 bits per heavy atom. The average molecular weight is 240 g/mol. The maximum absolute atomic E-state index is 11.6. The van der Waals surface area contributed by atoms with Gasteiger partial charge in [-0.1, -0.05) is 12.1 Å². The molecule has 0 bridgehead atoms. The van der Waals surface area contributed by atoms with Crippen molar-refractivity contribution >= 4 is 29.5 Å². The number of carbonyl (C=O) groups is 1. The highest BCUT2D eigenvalue weighted by atomic mass is 32.2. The predicted molar refractivity (Wildman–Crippen MR) is 63.4 cm³/mol. The van der Waals surface area contributed by atoms with E-state index >= 15 is 0 Å². The molecule has 0 fully saturated rings. The number of benzene rings is 1. The van der Waals surface area contributed by atoms with Crippen LogP contribution in [-0.4, -0.2) is 23.6 Å². The highest BCUT2D eigenvalue weighted by Crippen LogP contribution is 2.40. The van der Waals surface area contributed by atoms with Crippen molar-refractivity contribution < 1.29 is 9.53 Å². The Labute approximate surface area is 97.8 Å². The number of rotatable bonds is 2. The van der Waals surface area contributed by atoms with Gasteiger partial charge in [-0.05, 0) is 19.1 Å². The maximum Gasteiger partial charge on any atom is 0.320 e. The fourth-order valence-electron chi connectivity index (χ4n) is 1.37. The van der Waals surface area contributed by atoms with Crippen LogP contribution in [0, 0.1) is 0 Å². The van der Waals surface area contributed by atoms with Gasteiger partial charge in [-0.3, -0.25) is 4.79 Å². The summed E-state index contributed by atoms with van der Waals surface area (Å²) in [5.74, 6) is 0.713. The zero-order valence-electron chi connectivity index (χ0n) is 8.43. The first-order chi connectivity index (χ1) is 7.31. The van der Waals surface area contributed by atoms with Crippen LogP contribution in [0.15, 0.2) is 34.1 Å². The minimum atomic E-state index is -0.0931. The summed E-state index contributed by atoms with van der Waals surface area (Å²) in [6.07, 6.45) is 0. The molecule has 80 valence electrons. The van der Waals surface area contributed by atoms with Crippen molar-refractivity contribution in [3.05, 3.63) is 24.3 Å². The summed E-state index contributed by atoms with van der Waals surface area (Å²) in [4.78, 5) is 14.0. The molecular formula is C11H12O2S2. The zero-order chi connectivity index (χ0) is 10.7. The zero-order valence-corrected chi connectivity index (χ0v) is 10.1. The second kappa shape index (κ2) is 4.94. The van der Waals surface area contributed by atoms with Gasteiger partial charge in [0.15, 0.2) is 0 Å². The second-order valence-corrected chi connectivity index (χ2v) is 5.42. The van der Waals surface area contributed by atoms with Gasteiger partial charge in [0.1, 0.15) is 5.25 Å². The highest BCUT2D eigenvalue weighted by Gasteiger charge is 2.26. The second-order valence-electron chi connectivity index (χ2n) is 3.12. The largest absolute Gasteiger partial charge is 0.465 e. The van der Waals surface area contributed by atoms with Crippen LogP contribution in [0.4, 0.5) is 0 Å². The molecule has 0 aliphatic carbocycles. The number of hydrogen-bond acceptors (Lipinski definition) is 4. The summed E-state index contributed by atoms with van der Waals surface area (Å²) in [6, 6.07) is 8.17. The molecule has 1 unspecified atom stereocenters. The first-order valence-corrected chi connectivity index (χ1v) is 6.73. The van der Waals surface area contributed by atoms with Crippen molar-refractivity contribution in [3.8, 4) is 0 Å². The van der Waals surface area contributed by atoms with Gasteiger partial charge in [0, 0.05) is 15.5 Å². The molecule has 1 atom stereocenters. The molecule has 1 aliphatic heterocycles. The molecule has 1 aromatic carbocycles. The van der Waals surface area contributed by atoms with E-state index in [1.165, 1.54) is 9.79 Å². The van der Waals surface area contributed by atoms with E-state index in [-0.39, 0.29) is 11.2 Å². The molecule has 1 aliphatic rings. The van der Waals surface area contributed by atoms with Crippen LogP contribution in [-0.2, 0) is 9.53 Å². The normalized spacial score (nSPS) is 19.4. The van der Waals surface area contributed by atoms with Crippen molar-refractivity contribution in [2.45, 2.75) is 22.0 Å². The monoisotopic (exact) mass is 240 g/mol. The van der Waals surface area contributed by atoms with E-state index in [2.05, 4.69) is 12.1 Å². The third kappa shape index (κ3) is 2.49. The number of hydrogen-bond donors (Lipinski definition) is 0. The quantitative estimate of drug-likeness (QED) is 0.743. The Balaban J connectivity index is 2.08. The third-order valence-corrected chi connectivity index (χ3v) is 4.82. The van der Waals surface area contributed by atoms with Gasteiger partial charge in [-0.15, -0.1) is 23.5 Å². The van der Waals surface area contributed by atoms with E-state index in [1.807, 2.05) is 19.1 Å². The van der Waals surface area contributed by atoms with Crippen LogP contribution in [0.5, 0.6) is 0 Å². The first kappa shape index (κ1) is 10.9. The lowest BCUT2D eigenvalue weighted by Crippen LogP contribution is -2.24. The lowest BCUT2D eigenvalue weighted by Gasteiger charge is -2.21. The van der Waals surface area contributed by atoms with Crippen LogP contribution in [0.25, 0.3) is 0 Å². The SMILES string of the molecule is CCOC(=O)C1CSc2ccccc2S1. The van der Waals surface area contributed by atoms with Crippen LogP contribution in [0.2, 0.25) is 0 Å². The van der Waals surface area contributed by atoms with Crippen LogP contribution < -0.4 is 0 Å². The molecule has 0 spiro atoms.